The number of nitrogens with zero attached hydrogens (tertiary/aromatic N) is 2. The van der Waals surface area contributed by atoms with E-state index < -0.39 is 0 Å². The third-order valence-corrected chi connectivity index (χ3v) is 10.1. The normalized spacial score (nSPS) is 15.4. The van der Waals surface area contributed by atoms with Gasteiger partial charge >= 0.3 is 0 Å². The number of amides is 1. The maximum absolute atomic E-state index is 11.4. The smallest absolute Gasteiger partial charge is 0.262 e. The molecule has 3 aromatic carbocycles. The molecule has 1 amide bonds. The number of likely N-dealkylation sites (tertiary alicyclic amines) is 1. The standard InChI is InChI=1S/C23H29NO3.C19H31N3O3/c1-24-13-11-23(12-14-24,20-6-3-2-4-7-20)21-18-19(8-9-22(21)26)10-17-27-16-5-15-25;1-14(2)5-4-11-22(3)12-10-20-9-8-15-6-7-16(23)18-19(15)25-13-17(24)21-18/h2-4,6-9,15,18,26H,5,10-14,16-17H2,1H3;6-7,14,20,23H,4-5,8-13H2,1-3H3,(H,21,24). The van der Waals surface area contributed by atoms with Crippen LogP contribution in [0.3, 0.4) is 0 Å². The highest BCUT2D eigenvalue weighted by atomic mass is 16.5. The van der Waals surface area contributed by atoms with Crippen LogP contribution in [0.2, 0.25) is 0 Å². The molecule has 10 heteroatoms. The molecule has 0 aromatic heterocycles. The first-order chi connectivity index (χ1) is 25.1. The first-order valence-electron chi connectivity index (χ1n) is 18.9. The average molecular weight is 717 g/mol. The van der Waals surface area contributed by atoms with Crippen molar-refractivity contribution in [2.24, 2.45) is 5.92 Å². The summed E-state index contributed by atoms with van der Waals surface area (Å²) in [6.45, 7) is 11.5. The number of carbonyl (C=O) groups excluding carboxylic acids is 2. The molecule has 0 radical (unpaired) electrons. The summed E-state index contributed by atoms with van der Waals surface area (Å²) in [5, 5.41) is 26.7. The number of aromatic hydroxyl groups is 2. The predicted molar refractivity (Wildman–Crippen MR) is 208 cm³/mol. The molecule has 0 bridgehead atoms. The molecule has 1 fully saturated rings. The van der Waals surface area contributed by atoms with Crippen LogP contribution in [0.4, 0.5) is 5.69 Å². The maximum atomic E-state index is 11.4. The quantitative estimate of drug-likeness (QED) is 0.0738. The lowest BCUT2D eigenvalue weighted by atomic mass is 9.67. The van der Waals surface area contributed by atoms with Gasteiger partial charge < -0.3 is 44.9 Å². The van der Waals surface area contributed by atoms with Crippen LogP contribution in [0, 0.1) is 5.92 Å². The highest BCUT2D eigenvalue weighted by Gasteiger charge is 2.39. The van der Waals surface area contributed by atoms with E-state index in [2.05, 4.69) is 78.7 Å². The van der Waals surface area contributed by atoms with E-state index >= 15 is 0 Å². The van der Waals surface area contributed by atoms with E-state index in [9.17, 15) is 19.8 Å². The molecule has 0 aliphatic carbocycles. The van der Waals surface area contributed by atoms with Gasteiger partial charge in [0, 0.05) is 30.5 Å². The van der Waals surface area contributed by atoms with Crippen molar-refractivity contribution in [2.75, 3.05) is 78.5 Å². The topological polar surface area (TPSA) is 124 Å². The van der Waals surface area contributed by atoms with Gasteiger partial charge in [0.05, 0.1) is 13.2 Å². The highest BCUT2D eigenvalue weighted by molar-refractivity contribution is 5.97. The number of aldehydes is 1. The minimum absolute atomic E-state index is 0.00193. The van der Waals surface area contributed by atoms with Crippen molar-refractivity contribution in [3.8, 4) is 17.2 Å². The molecule has 0 atom stereocenters. The van der Waals surface area contributed by atoms with Crippen LogP contribution in [-0.2, 0) is 32.6 Å². The van der Waals surface area contributed by atoms with Crippen LogP contribution in [0.25, 0.3) is 0 Å². The lowest BCUT2D eigenvalue weighted by Crippen LogP contribution is -2.41. The SMILES string of the molecule is CC(C)CCCN(C)CCNCCc1ccc(O)c2c1OCC(=O)N2.CN1CCC(c2ccccc2)(c2cc(CCOCCC=O)ccc2O)CC1. The van der Waals surface area contributed by atoms with Crippen molar-refractivity contribution in [1.82, 2.24) is 15.1 Å². The van der Waals surface area contributed by atoms with Gasteiger partial charge in [-0.2, -0.15) is 0 Å². The molecule has 0 saturated carbocycles. The summed E-state index contributed by atoms with van der Waals surface area (Å²) in [5.74, 6) is 1.54. The number of nitrogens with one attached hydrogen (secondary N) is 2. The molecular formula is C42H60N4O6. The minimum Gasteiger partial charge on any atom is -0.508 e. The van der Waals surface area contributed by atoms with Crippen molar-refractivity contribution in [2.45, 2.75) is 64.2 Å². The third-order valence-electron chi connectivity index (χ3n) is 10.1. The summed E-state index contributed by atoms with van der Waals surface area (Å²) in [4.78, 5) is 26.5. The van der Waals surface area contributed by atoms with Crippen LogP contribution < -0.4 is 15.4 Å². The zero-order valence-electron chi connectivity index (χ0n) is 31.7. The zero-order valence-corrected chi connectivity index (χ0v) is 31.7. The van der Waals surface area contributed by atoms with Crippen LogP contribution in [0.1, 0.15) is 68.2 Å². The van der Waals surface area contributed by atoms with Gasteiger partial charge in [0.2, 0.25) is 0 Å². The second kappa shape index (κ2) is 20.9. The van der Waals surface area contributed by atoms with E-state index in [1.165, 1.54) is 18.4 Å². The van der Waals surface area contributed by atoms with Gasteiger partial charge in [-0.1, -0.05) is 62.4 Å². The average Bonchev–Trinajstić information content (AvgIpc) is 3.14. The minimum atomic E-state index is -0.237. The highest BCUT2D eigenvalue weighted by Crippen LogP contribution is 2.45. The van der Waals surface area contributed by atoms with Crippen molar-refractivity contribution in [1.29, 1.82) is 0 Å². The Kier molecular flexibility index (Phi) is 16.4. The maximum Gasteiger partial charge on any atom is 0.262 e. The largest absolute Gasteiger partial charge is 0.508 e. The first kappa shape index (κ1) is 40.8. The third kappa shape index (κ3) is 12.0. The number of ether oxygens (including phenoxy) is 2. The Balaban J connectivity index is 0.000000234. The van der Waals surface area contributed by atoms with Gasteiger partial charge in [0.15, 0.2) is 12.4 Å². The molecule has 3 aromatic rings. The fourth-order valence-electron chi connectivity index (χ4n) is 6.93. The van der Waals surface area contributed by atoms with Crippen molar-refractivity contribution in [3.63, 3.8) is 0 Å². The Morgan fingerprint density at radius 1 is 1.00 bits per heavy atom. The first-order valence-corrected chi connectivity index (χ1v) is 18.9. The molecule has 284 valence electrons. The summed E-state index contributed by atoms with van der Waals surface area (Å²) >= 11 is 0. The number of benzene rings is 3. The molecule has 10 nitrogen and oxygen atoms in total. The van der Waals surface area contributed by atoms with E-state index in [4.69, 9.17) is 9.47 Å². The number of likely N-dealkylation sites (N-methyl/N-ethyl adjacent to an activating group) is 1. The molecular weight excluding hydrogens is 656 g/mol. The Morgan fingerprint density at radius 2 is 1.75 bits per heavy atom. The van der Waals surface area contributed by atoms with Crippen molar-refractivity contribution >= 4 is 17.9 Å². The Morgan fingerprint density at radius 3 is 2.48 bits per heavy atom. The van der Waals surface area contributed by atoms with Gasteiger partial charge in [-0.05, 0) is 114 Å². The summed E-state index contributed by atoms with van der Waals surface area (Å²) in [7, 11) is 4.32. The summed E-state index contributed by atoms with van der Waals surface area (Å²) in [6.07, 6.45) is 7.37. The number of piperidine rings is 1. The predicted octanol–water partition coefficient (Wildman–Crippen LogP) is 5.78. The van der Waals surface area contributed by atoms with Crippen LogP contribution in [-0.4, -0.2) is 105 Å². The van der Waals surface area contributed by atoms with Gasteiger partial charge in [0.1, 0.15) is 23.5 Å². The van der Waals surface area contributed by atoms with Crippen LogP contribution >= 0.6 is 0 Å². The number of hydrogen-bond acceptors (Lipinski definition) is 9. The van der Waals surface area contributed by atoms with E-state index in [1.54, 1.807) is 6.07 Å². The Bertz CT molecular complexity index is 1540. The molecule has 52 heavy (non-hydrogen) atoms. The van der Waals surface area contributed by atoms with Crippen molar-refractivity contribution < 1.29 is 29.3 Å². The summed E-state index contributed by atoms with van der Waals surface area (Å²) in [5.41, 5.74) is 4.67. The number of rotatable bonds is 18. The van der Waals surface area contributed by atoms with Gasteiger partial charge in [-0.3, -0.25) is 4.79 Å². The molecule has 2 aliphatic rings. The fourth-order valence-corrected chi connectivity index (χ4v) is 6.93. The molecule has 5 rings (SSSR count). The second-order valence-electron chi connectivity index (χ2n) is 14.5. The molecule has 0 spiro atoms. The van der Waals surface area contributed by atoms with Gasteiger partial charge in [0.25, 0.3) is 5.91 Å². The lowest BCUT2D eigenvalue weighted by Gasteiger charge is -2.42. The van der Waals surface area contributed by atoms with Gasteiger partial charge in [-0.15, -0.1) is 0 Å². The Labute approximate surface area is 310 Å². The fraction of sp³-hybridized carbons (Fsp3) is 0.524. The number of hydrogen-bond donors (Lipinski definition) is 4. The number of phenols is 2. The lowest BCUT2D eigenvalue weighted by molar-refractivity contribution is -0.118. The van der Waals surface area contributed by atoms with Crippen molar-refractivity contribution in [3.05, 3.63) is 82.9 Å². The molecule has 4 N–H and O–H groups in total. The Hall–Kier alpha value is -3.96. The number of fused-ring (bicyclic) bond motifs is 1. The van der Waals surface area contributed by atoms with Gasteiger partial charge in [-0.25, -0.2) is 0 Å². The number of anilines is 1. The van der Waals surface area contributed by atoms with E-state index in [0.29, 0.717) is 36.8 Å². The van der Waals surface area contributed by atoms with Crippen LogP contribution in [0.15, 0.2) is 60.7 Å². The summed E-state index contributed by atoms with van der Waals surface area (Å²) < 4.78 is 11.0. The van der Waals surface area contributed by atoms with Crippen LogP contribution in [0.5, 0.6) is 17.2 Å². The monoisotopic (exact) mass is 716 g/mol. The molecule has 2 aliphatic heterocycles. The van der Waals surface area contributed by atoms with E-state index in [0.717, 1.165) is 93.8 Å². The summed E-state index contributed by atoms with van der Waals surface area (Å²) in [6, 6.07) is 20.0. The second-order valence-corrected chi connectivity index (χ2v) is 14.5. The molecule has 2 heterocycles. The zero-order chi connectivity index (χ0) is 37.3. The number of phenolic OH excluding ortho intramolecular Hbond substituents is 2. The van der Waals surface area contributed by atoms with E-state index in [1.807, 2.05) is 24.3 Å². The molecule has 0 unspecified atom stereocenters. The number of carbonyl (C=O) groups is 2. The van der Waals surface area contributed by atoms with E-state index in [-0.39, 0.29) is 23.7 Å². The molecule has 1 saturated heterocycles.